The largest absolute Gasteiger partial charge is 0.376 e. The first-order valence-electron chi connectivity index (χ1n) is 8.20. The molecule has 3 aliphatic heterocycles. The molecule has 3 heterocycles. The molecule has 1 N–H and O–H groups in total. The van der Waals surface area contributed by atoms with Crippen molar-refractivity contribution in [2.75, 3.05) is 39.3 Å². The van der Waals surface area contributed by atoms with Gasteiger partial charge in [-0.25, -0.2) is 8.78 Å². The van der Waals surface area contributed by atoms with Crippen LogP contribution in [-0.2, 0) is 9.53 Å². The number of carbonyl (C=O) groups excluding carboxylic acids is 1. The highest BCUT2D eigenvalue weighted by Crippen LogP contribution is 2.27. The van der Waals surface area contributed by atoms with E-state index in [0.717, 1.165) is 32.5 Å². The number of nitrogens with zero attached hydrogens (tertiary/aromatic N) is 2. The van der Waals surface area contributed by atoms with Crippen LogP contribution >= 0.6 is 24.8 Å². The third-order valence-electron chi connectivity index (χ3n) is 4.97. The summed E-state index contributed by atoms with van der Waals surface area (Å²) < 4.78 is 32.0. The van der Waals surface area contributed by atoms with Gasteiger partial charge in [-0.2, -0.15) is 0 Å². The molecule has 5 nitrogen and oxygen atoms in total. The van der Waals surface area contributed by atoms with E-state index in [1.165, 1.54) is 0 Å². The first-order chi connectivity index (χ1) is 10.4. The number of nitrogens with one attached hydrogen (secondary N) is 1. The standard InChI is InChI=1S/C15H25F2N3O2.2ClH/c1-11-9-20(6-7-22-11)12-2-4-19(5-3-12)14(21)13-8-15(16,17)10-18-13;;/h11-13,18H,2-10H2,1H3;2*1H. The van der Waals surface area contributed by atoms with Gasteiger partial charge in [0.05, 0.1) is 25.3 Å². The smallest absolute Gasteiger partial charge is 0.262 e. The van der Waals surface area contributed by atoms with Crippen LogP contribution in [0, 0.1) is 0 Å². The molecular weight excluding hydrogens is 363 g/mol. The van der Waals surface area contributed by atoms with Crippen LogP contribution in [0.4, 0.5) is 8.78 Å². The number of piperidine rings is 1. The summed E-state index contributed by atoms with van der Waals surface area (Å²) in [6.45, 7) is 5.68. The van der Waals surface area contributed by atoms with E-state index < -0.39 is 12.0 Å². The Bertz CT molecular complexity index is 424. The molecule has 9 heteroatoms. The van der Waals surface area contributed by atoms with Crippen molar-refractivity contribution in [2.45, 2.75) is 50.3 Å². The van der Waals surface area contributed by atoms with Crippen molar-refractivity contribution in [3.05, 3.63) is 0 Å². The van der Waals surface area contributed by atoms with E-state index in [1.807, 2.05) is 0 Å². The molecule has 3 saturated heterocycles. The number of hydrogen-bond donors (Lipinski definition) is 1. The Kier molecular flexibility index (Phi) is 8.13. The van der Waals surface area contributed by atoms with Crippen molar-refractivity contribution in [1.82, 2.24) is 15.1 Å². The Morgan fingerprint density at radius 3 is 2.42 bits per heavy atom. The second-order valence-corrected chi connectivity index (χ2v) is 6.73. The van der Waals surface area contributed by atoms with Crippen LogP contribution in [0.5, 0.6) is 0 Å². The predicted molar refractivity (Wildman–Crippen MR) is 92.4 cm³/mol. The van der Waals surface area contributed by atoms with E-state index in [1.54, 1.807) is 4.90 Å². The van der Waals surface area contributed by atoms with Crippen molar-refractivity contribution >= 4 is 30.7 Å². The summed E-state index contributed by atoms with van der Waals surface area (Å²) in [5, 5.41) is 2.66. The van der Waals surface area contributed by atoms with Gasteiger partial charge in [-0.1, -0.05) is 0 Å². The normalized spacial score (nSPS) is 31.2. The van der Waals surface area contributed by atoms with Crippen molar-refractivity contribution in [2.24, 2.45) is 0 Å². The van der Waals surface area contributed by atoms with Gasteiger partial charge >= 0.3 is 0 Å². The van der Waals surface area contributed by atoms with Gasteiger partial charge in [0, 0.05) is 38.6 Å². The van der Waals surface area contributed by atoms with Gasteiger partial charge in [0.1, 0.15) is 0 Å². The van der Waals surface area contributed by atoms with E-state index in [9.17, 15) is 13.6 Å². The number of alkyl halides is 2. The van der Waals surface area contributed by atoms with Gasteiger partial charge in [-0.3, -0.25) is 15.0 Å². The molecule has 0 saturated carbocycles. The molecule has 0 radical (unpaired) electrons. The Labute approximate surface area is 154 Å². The highest BCUT2D eigenvalue weighted by atomic mass is 35.5. The lowest BCUT2D eigenvalue weighted by Crippen LogP contribution is -2.53. The van der Waals surface area contributed by atoms with Crippen molar-refractivity contribution in [3.63, 3.8) is 0 Å². The lowest BCUT2D eigenvalue weighted by atomic mass is 10.0. The van der Waals surface area contributed by atoms with E-state index >= 15 is 0 Å². The molecule has 0 aromatic rings. The maximum Gasteiger partial charge on any atom is 0.262 e. The molecule has 2 atom stereocenters. The summed E-state index contributed by atoms with van der Waals surface area (Å²) >= 11 is 0. The second-order valence-electron chi connectivity index (χ2n) is 6.73. The van der Waals surface area contributed by atoms with E-state index in [2.05, 4.69) is 17.1 Å². The average Bonchev–Trinajstić information content (AvgIpc) is 2.87. The zero-order chi connectivity index (χ0) is 15.7. The molecule has 24 heavy (non-hydrogen) atoms. The number of ether oxygens (including phenoxy) is 1. The van der Waals surface area contributed by atoms with Gasteiger partial charge in [0.25, 0.3) is 5.92 Å². The van der Waals surface area contributed by atoms with Crippen molar-refractivity contribution in [1.29, 1.82) is 0 Å². The molecule has 0 aliphatic carbocycles. The number of likely N-dealkylation sites (tertiary alicyclic amines) is 1. The summed E-state index contributed by atoms with van der Waals surface area (Å²) in [4.78, 5) is 16.5. The summed E-state index contributed by atoms with van der Waals surface area (Å²) in [6, 6.07) is -0.233. The Hall–Kier alpha value is -0.210. The molecule has 3 aliphatic rings. The summed E-state index contributed by atoms with van der Waals surface area (Å²) in [7, 11) is 0. The minimum absolute atomic E-state index is 0. The fourth-order valence-corrected chi connectivity index (χ4v) is 3.74. The molecule has 0 aromatic heterocycles. The van der Waals surface area contributed by atoms with Crippen molar-refractivity contribution in [3.8, 4) is 0 Å². The number of morpholine rings is 1. The number of hydrogen-bond acceptors (Lipinski definition) is 4. The van der Waals surface area contributed by atoms with Gasteiger partial charge in [-0.05, 0) is 19.8 Å². The molecular formula is C15H27Cl2F2N3O2. The molecule has 3 fully saturated rings. The van der Waals surface area contributed by atoms with Gasteiger partial charge < -0.3 is 9.64 Å². The molecule has 2 unspecified atom stereocenters. The SMILES string of the molecule is CC1CN(C2CCN(C(=O)C3CC(F)(F)CN3)CC2)CCO1.Cl.Cl. The lowest BCUT2D eigenvalue weighted by molar-refractivity contribution is -0.135. The first kappa shape index (κ1) is 21.8. The zero-order valence-corrected chi connectivity index (χ0v) is 15.5. The van der Waals surface area contributed by atoms with Crippen LogP contribution in [0.1, 0.15) is 26.2 Å². The Morgan fingerprint density at radius 1 is 1.21 bits per heavy atom. The molecule has 3 rings (SSSR count). The van der Waals surface area contributed by atoms with Crippen LogP contribution in [0.25, 0.3) is 0 Å². The molecule has 1 amide bonds. The van der Waals surface area contributed by atoms with E-state index in [0.29, 0.717) is 19.1 Å². The van der Waals surface area contributed by atoms with Crippen LogP contribution in [0.2, 0.25) is 0 Å². The van der Waals surface area contributed by atoms with E-state index in [4.69, 9.17) is 4.74 Å². The maximum atomic E-state index is 13.2. The van der Waals surface area contributed by atoms with Crippen molar-refractivity contribution < 1.29 is 18.3 Å². The first-order valence-corrected chi connectivity index (χ1v) is 8.20. The van der Waals surface area contributed by atoms with Gasteiger partial charge in [-0.15, -0.1) is 24.8 Å². The minimum atomic E-state index is -2.75. The summed E-state index contributed by atoms with van der Waals surface area (Å²) in [5.74, 6) is -2.91. The van der Waals surface area contributed by atoms with E-state index in [-0.39, 0.29) is 49.8 Å². The fourth-order valence-electron chi connectivity index (χ4n) is 3.74. The van der Waals surface area contributed by atoms with Crippen LogP contribution in [0.15, 0.2) is 0 Å². The van der Waals surface area contributed by atoms with Crippen LogP contribution in [0.3, 0.4) is 0 Å². The number of rotatable bonds is 2. The van der Waals surface area contributed by atoms with Gasteiger partial charge in [0.2, 0.25) is 5.91 Å². The topological polar surface area (TPSA) is 44.8 Å². The maximum absolute atomic E-state index is 13.2. The zero-order valence-electron chi connectivity index (χ0n) is 13.9. The average molecular weight is 390 g/mol. The van der Waals surface area contributed by atoms with Crippen LogP contribution in [-0.4, -0.2) is 79.1 Å². The predicted octanol–water partition coefficient (Wildman–Crippen LogP) is 1.54. The third-order valence-corrected chi connectivity index (χ3v) is 4.97. The summed E-state index contributed by atoms with van der Waals surface area (Å²) in [6.07, 6.45) is 1.73. The second kappa shape index (κ2) is 8.94. The number of amides is 1. The fraction of sp³-hybridized carbons (Fsp3) is 0.933. The molecule has 0 bridgehead atoms. The highest BCUT2D eigenvalue weighted by molar-refractivity contribution is 5.85. The quantitative estimate of drug-likeness (QED) is 0.777. The monoisotopic (exact) mass is 389 g/mol. The lowest BCUT2D eigenvalue weighted by Gasteiger charge is -2.42. The summed E-state index contributed by atoms with van der Waals surface area (Å²) in [5.41, 5.74) is 0. The Balaban J connectivity index is 0.00000144. The number of halogens is 4. The number of carbonyl (C=O) groups is 1. The Morgan fingerprint density at radius 2 is 1.88 bits per heavy atom. The minimum Gasteiger partial charge on any atom is -0.376 e. The molecule has 142 valence electrons. The van der Waals surface area contributed by atoms with Gasteiger partial charge in [0.15, 0.2) is 0 Å². The molecule has 0 aromatic carbocycles. The molecule has 0 spiro atoms. The van der Waals surface area contributed by atoms with Crippen LogP contribution < -0.4 is 5.32 Å². The third kappa shape index (κ3) is 5.14. The highest BCUT2D eigenvalue weighted by Gasteiger charge is 2.44.